The first-order valence-electron chi connectivity index (χ1n) is 8.78. The van der Waals surface area contributed by atoms with Crippen molar-refractivity contribution in [3.8, 4) is 5.69 Å². The minimum atomic E-state index is -0.487. The van der Waals surface area contributed by atoms with E-state index in [1.54, 1.807) is 15.8 Å². The quantitative estimate of drug-likeness (QED) is 0.617. The molecule has 1 aromatic heterocycles. The average Bonchev–Trinajstić information content (AvgIpc) is 3.17. The lowest BCUT2D eigenvalue weighted by atomic mass is 10.1. The maximum Gasteiger partial charge on any atom is 0.295 e. The maximum atomic E-state index is 12.5. The van der Waals surface area contributed by atoms with E-state index in [2.05, 4.69) is 23.8 Å². The predicted molar refractivity (Wildman–Crippen MR) is 95.8 cm³/mol. The Labute approximate surface area is 148 Å². The molecule has 25 heavy (non-hydrogen) atoms. The largest absolute Gasteiger partial charge is 0.333 e. The number of hydrogen-bond donors (Lipinski definition) is 0. The molecule has 1 unspecified atom stereocenters. The second-order valence-electron chi connectivity index (χ2n) is 6.42. The summed E-state index contributed by atoms with van der Waals surface area (Å²) in [5.41, 5.74) is 1.19. The van der Waals surface area contributed by atoms with Crippen molar-refractivity contribution >= 4 is 11.7 Å². The summed E-state index contributed by atoms with van der Waals surface area (Å²) in [6.07, 6.45) is 4.17. The summed E-state index contributed by atoms with van der Waals surface area (Å²) < 4.78 is 1.61. The molecule has 0 aliphatic carbocycles. The van der Waals surface area contributed by atoms with E-state index < -0.39 is 11.7 Å². The standard InChI is InChI=1S/C19H24N4O2/c1-3-15(2)21-9-11-22(12-10-21)19(25)18(24)16-13-20-23(14-16)17-7-5-4-6-8-17/h4-8,13-15H,3,9-12H2,1-2H3. The molecule has 132 valence electrons. The molecule has 2 aromatic rings. The second-order valence-corrected chi connectivity index (χ2v) is 6.42. The molecule has 0 spiro atoms. The zero-order valence-corrected chi connectivity index (χ0v) is 14.8. The molecule has 6 nitrogen and oxygen atoms in total. The average molecular weight is 340 g/mol. The highest BCUT2D eigenvalue weighted by Crippen LogP contribution is 2.12. The minimum absolute atomic E-state index is 0.332. The van der Waals surface area contributed by atoms with Gasteiger partial charge in [0.1, 0.15) is 0 Å². The summed E-state index contributed by atoms with van der Waals surface area (Å²) >= 11 is 0. The van der Waals surface area contributed by atoms with Gasteiger partial charge in [-0.3, -0.25) is 14.5 Å². The summed E-state index contributed by atoms with van der Waals surface area (Å²) in [5, 5.41) is 4.20. The van der Waals surface area contributed by atoms with Gasteiger partial charge in [0.15, 0.2) is 0 Å². The van der Waals surface area contributed by atoms with Crippen molar-refractivity contribution in [2.45, 2.75) is 26.3 Å². The highest BCUT2D eigenvalue weighted by atomic mass is 16.2. The number of nitrogens with zero attached hydrogens (tertiary/aromatic N) is 4. The minimum Gasteiger partial charge on any atom is -0.333 e. The molecule has 0 radical (unpaired) electrons. The van der Waals surface area contributed by atoms with Crippen molar-refractivity contribution < 1.29 is 9.59 Å². The Morgan fingerprint density at radius 1 is 1.12 bits per heavy atom. The molecule has 1 aliphatic rings. The summed E-state index contributed by atoms with van der Waals surface area (Å²) in [6.45, 7) is 7.19. The Morgan fingerprint density at radius 2 is 1.80 bits per heavy atom. The van der Waals surface area contributed by atoms with Crippen LogP contribution in [-0.4, -0.2) is 63.5 Å². The van der Waals surface area contributed by atoms with Crippen molar-refractivity contribution in [2.24, 2.45) is 0 Å². The molecule has 1 atom stereocenters. The van der Waals surface area contributed by atoms with Crippen molar-refractivity contribution in [1.82, 2.24) is 19.6 Å². The summed E-state index contributed by atoms with van der Waals surface area (Å²) in [7, 11) is 0. The molecule has 1 amide bonds. The lowest BCUT2D eigenvalue weighted by Crippen LogP contribution is -2.52. The number of ketones is 1. The van der Waals surface area contributed by atoms with Crippen LogP contribution in [0.4, 0.5) is 0 Å². The molecule has 0 saturated carbocycles. The van der Waals surface area contributed by atoms with Crippen LogP contribution in [0.5, 0.6) is 0 Å². The first-order chi connectivity index (χ1) is 12.1. The molecule has 1 fully saturated rings. The third-order valence-corrected chi connectivity index (χ3v) is 4.88. The van der Waals surface area contributed by atoms with Gasteiger partial charge in [0.25, 0.3) is 11.7 Å². The van der Waals surface area contributed by atoms with Crippen LogP contribution in [-0.2, 0) is 4.79 Å². The number of hydrogen-bond acceptors (Lipinski definition) is 4. The third kappa shape index (κ3) is 3.79. The lowest BCUT2D eigenvalue weighted by Gasteiger charge is -2.37. The van der Waals surface area contributed by atoms with Crippen molar-refractivity contribution in [2.75, 3.05) is 26.2 Å². The molecule has 1 aromatic carbocycles. The zero-order chi connectivity index (χ0) is 17.8. The van der Waals surface area contributed by atoms with Crippen molar-refractivity contribution in [3.63, 3.8) is 0 Å². The normalized spacial score (nSPS) is 16.6. The van der Waals surface area contributed by atoms with E-state index in [4.69, 9.17) is 0 Å². The van der Waals surface area contributed by atoms with Gasteiger partial charge in [0.05, 0.1) is 17.4 Å². The van der Waals surface area contributed by atoms with E-state index in [-0.39, 0.29) is 0 Å². The summed E-state index contributed by atoms with van der Waals surface area (Å²) in [4.78, 5) is 29.0. The number of para-hydroxylation sites is 1. The number of rotatable bonds is 5. The molecule has 0 bridgehead atoms. The van der Waals surface area contributed by atoms with Gasteiger partial charge in [-0.25, -0.2) is 4.68 Å². The highest BCUT2D eigenvalue weighted by molar-refractivity contribution is 6.42. The fraction of sp³-hybridized carbons (Fsp3) is 0.421. The number of carbonyl (C=O) groups excluding carboxylic acids is 2. The Hall–Kier alpha value is -2.47. The molecule has 6 heteroatoms. The summed E-state index contributed by atoms with van der Waals surface area (Å²) in [6, 6.07) is 10.0. The highest BCUT2D eigenvalue weighted by Gasteiger charge is 2.28. The van der Waals surface area contributed by atoms with Crippen LogP contribution in [0.15, 0.2) is 42.7 Å². The molecule has 1 aliphatic heterocycles. The number of amides is 1. The van der Waals surface area contributed by atoms with E-state index in [1.165, 1.54) is 6.20 Å². The van der Waals surface area contributed by atoms with Crippen LogP contribution >= 0.6 is 0 Å². The van der Waals surface area contributed by atoms with Crippen molar-refractivity contribution in [3.05, 3.63) is 48.3 Å². The lowest BCUT2D eigenvalue weighted by molar-refractivity contribution is -0.128. The number of benzene rings is 1. The Bertz CT molecular complexity index is 733. The van der Waals surface area contributed by atoms with Crippen LogP contribution < -0.4 is 0 Å². The second kappa shape index (κ2) is 7.61. The number of Topliss-reactive ketones (excluding diaryl/α,β-unsaturated/α-hetero) is 1. The Morgan fingerprint density at radius 3 is 2.44 bits per heavy atom. The molecule has 2 heterocycles. The van der Waals surface area contributed by atoms with Gasteiger partial charge >= 0.3 is 0 Å². The van der Waals surface area contributed by atoms with E-state index in [0.717, 1.165) is 25.2 Å². The van der Waals surface area contributed by atoms with Gasteiger partial charge in [0, 0.05) is 38.4 Å². The van der Waals surface area contributed by atoms with Crippen LogP contribution in [0.1, 0.15) is 30.6 Å². The van der Waals surface area contributed by atoms with Gasteiger partial charge in [-0.1, -0.05) is 25.1 Å². The van der Waals surface area contributed by atoms with Gasteiger partial charge < -0.3 is 4.90 Å². The molecule has 1 saturated heterocycles. The predicted octanol–water partition coefficient (Wildman–Crippen LogP) is 2.00. The zero-order valence-electron chi connectivity index (χ0n) is 14.8. The van der Waals surface area contributed by atoms with Gasteiger partial charge in [-0.05, 0) is 25.5 Å². The smallest absolute Gasteiger partial charge is 0.295 e. The van der Waals surface area contributed by atoms with E-state index in [9.17, 15) is 9.59 Å². The van der Waals surface area contributed by atoms with E-state index in [1.807, 2.05) is 30.3 Å². The fourth-order valence-corrected chi connectivity index (χ4v) is 3.05. The van der Waals surface area contributed by atoms with Crippen LogP contribution in [0, 0.1) is 0 Å². The Balaban J connectivity index is 1.64. The van der Waals surface area contributed by atoms with Gasteiger partial charge in [-0.2, -0.15) is 5.10 Å². The van der Waals surface area contributed by atoms with Crippen LogP contribution in [0.25, 0.3) is 5.69 Å². The monoisotopic (exact) mass is 340 g/mol. The third-order valence-electron chi connectivity index (χ3n) is 4.88. The number of aromatic nitrogens is 2. The molecular formula is C19H24N4O2. The van der Waals surface area contributed by atoms with Crippen LogP contribution in [0.2, 0.25) is 0 Å². The van der Waals surface area contributed by atoms with Crippen LogP contribution in [0.3, 0.4) is 0 Å². The van der Waals surface area contributed by atoms with Gasteiger partial charge in [0.2, 0.25) is 0 Å². The first-order valence-corrected chi connectivity index (χ1v) is 8.78. The van der Waals surface area contributed by atoms with Crippen molar-refractivity contribution in [1.29, 1.82) is 0 Å². The first kappa shape index (κ1) is 17.4. The van der Waals surface area contributed by atoms with Gasteiger partial charge in [-0.15, -0.1) is 0 Å². The maximum absolute atomic E-state index is 12.5. The molecular weight excluding hydrogens is 316 g/mol. The SMILES string of the molecule is CCC(C)N1CCN(C(=O)C(=O)c2cnn(-c3ccccc3)c2)CC1. The number of carbonyl (C=O) groups is 2. The van der Waals surface area contributed by atoms with E-state index >= 15 is 0 Å². The van der Waals surface area contributed by atoms with E-state index in [0.29, 0.717) is 24.7 Å². The summed E-state index contributed by atoms with van der Waals surface area (Å²) in [5.74, 6) is -0.921. The Kier molecular flexibility index (Phi) is 5.28. The molecule has 3 rings (SSSR count). The topological polar surface area (TPSA) is 58.4 Å². The molecule has 0 N–H and O–H groups in total. The fourth-order valence-electron chi connectivity index (χ4n) is 3.05. The number of piperazine rings is 1.